The van der Waals surface area contributed by atoms with Crippen molar-refractivity contribution < 1.29 is 0 Å². The number of hydrogen-bond acceptors (Lipinski definition) is 2. The van der Waals surface area contributed by atoms with Crippen LogP contribution in [0.1, 0.15) is 87.8 Å². The molecule has 54 heavy (non-hydrogen) atoms. The highest BCUT2D eigenvalue weighted by Crippen LogP contribution is 2.36. The summed E-state index contributed by atoms with van der Waals surface area (Å²) >= 11 is 0. The summed E-state index contributed by atoms with van der Waals surface area (Å²) in [5, 5.41) is 0. The lowest BCUT2D eigenvalue weighted by Gasteiger charge is -2.17. The first-order valence-electron chi connectivity index (χ1n) is 19.6. The Kier molecular flexibility index (Phi) is 20.3. The molecule has 0 fully saturated rings. The van der Waals surface area contributed by atoms with Crippen LogP contribution in [0.4, 0.5) is 0 Å². The molecule has 0 heterocycles. The van der Waals surface area contributed by atoms with Gasteiger partial charge in [-0.05, 0) is 119 Å². The SMILES string of the molecule is C=C(Cc1ccccc1)c1ccccc1.CC.CC.CC.Cc1ccccc1-c1c(C)ccc(-c2ccc(/C(N)=C/C=C(\N)C3=CC=CCC3)cc2)c1C. The second kappa shape index (κ2) is 24.6. The summed E-state index contributed by atoms with van der Waals surface area (Å²) in [5.41, 5.74) is 28.9. The number of benzene rings is 5. The van der Waals surface area contributed by atoms with Gasteiger partial charge in [0.1, 0.15) is 0 Å². The molecule has 0 amide bonds. The largest absolute Gasteiger partial charge is 0.399 e. The van der Waals surface area contributed by atoms with Crippen LogP contribution in [0.5, 0.6) is 0 Å². The Bertz CT molecular complexity index is 1970. The molecule has 0 aliphatic heterocycles. The van der Waals surface area contributed by atoms with E-state index in [9.17, 15) is 0 Å². The molecular weight excluding hydrogens is 653 g/mol. The smallest absolute Gasteiger partial charge is 0.0388 e. The fourth-order valence-electron chi connectivity index (χ4n) is 6.11. The predicted octanol–water partition coefficient (Wildman–Crippen LogP) is 14.4. The lowest BCUT2D eigenvalue weighted by atomic mass is 9.87. The number of nitrogens with two attached hydrogens (primary N) is 2. The molecule has 0 spiro atoms. The van der Waals surface area contributed by atoms with E-state index in [0.29, 0.717) is 5.70 Å². The highest BCUT2D eigenvalue weighted by atomic mass is 14.6. The predicted molar refractivity (Wildman–Crippen MR) is 242 cm³/mol. The summed E-state index contributed by atoms with van der Waals surface area (Å²) in [6.07, 6.45) is 13.0. The van der Waals surface area contributed by atoms with Crippen molar-refractivity contribution in [2.75, 3.05) is 0 Å². The summed E-state index contributed by atoms with van der Waals surface area (Å²) in [6, 6.07) is 42.2. The van der Waals surface area contributed by atoms with Crippen LogP contribution in [0, 0.1) is 20.8 Å². The Balaban J connectivity index is 0.000000400. The second-order valence-electron chi connectivity index (χ2n) is 12.4. The fourth-order valence-corrected chi connectivity index (χ4v) is 6.11. The van der Waals surface area contributed by atoms with Crippen LogP contribution in [0.3, 0.4) is 0 Å². The minimum atomic E-state index is 0.706. The molecule has 5 aromatic carbocycles. The van der Waals surface area contributed by atoms with Crippen molar-refractivity contribution in [3.8, 4) is 22.3 Å². The van der Waals surface area contributed by atoms with Gasteiger partial charge in [0.15, 0.2) is 0 Å². The van der Waals surface area contributed by atoms with Gasteiger partial charge >= 0.3 is 0 Å². The third kappa shape index (κ3) is 13.1. The van der Waals surface area contributed by atoms with E-state index in [1.807, 2.05) is 78.0 Å². The van der Waals surface area contributed by atoms with E-state index in [1.54, 1.807) is 0 Å². The van der Waals surface area contributed by atoms with Crippen molar-refractivity contribution in [2.45, 2.75) is 81.6 Å². The molecule has 0 saturated carbocycles. The van der Waals surface area contributed by atoms with Crippen molar-refractivity contribution in [2.24, 2.45) is 11.5 Å². The summed E-state index contributed by atoms with van der Waals surface area (Å²) < 4.78 is 0. The van der Waals surface area contributed by atoms with Crippen molar-refractivity contribution in [1.29, 1.82) is 0 Å². The molecule has 6 rings (SSSR count). The topological polar surface area (TPSA) is 52.0 Å². The van der Waals surface area contributed by atoms with Gasteiger partial charge in [-0.15, -0.1) is 0 Å². The third-order valence-corrected chi connectivity index (χ3v) is 8.89. The number of allylic oxidation sites excluding steroid dienone is 7. The van der Waals surface area contributed by atoms with Gasteiger partial charge in [-0.1, -0.05) is 188 Å². The lowest BCUT2D eigenvalue weighted by molar-refractivity contribution is 0.962. The van der Waals surface area contributed by atoms with Crippen molar-refractivity contribution in [1.82, 2.24) is 0 Å². The molecule has 0 bridgehead atoms. The highest BCUT2D eigenvalue weighted by molar-refractivity contribution is 5.82. The van der Waals surface area contributed by atoms with E-state index in [1.165, 1.54) is 55.6 Å². The minimum Gasteiger partial charge on any atom is -0.399 e. The van der Waals surface area contributed by atoms with Gasteiger partial charge in [-0.2, -0.15) is 0 Å². The van der Waals surface area contributed by atoms with E-state index in [-0.39, 0.29) is 0 Å². The van der Waals surface area contributed by atoms with Crippen LogP contribution in [-0.2, 0) is 6.42 Å². The lowest BCUT2D eigenvalue weighted by Crippen LogP contribution is -2.03. The molecule has 1 aliphatic carbocycles. The van der Waals surface area contributed by atoms with Crippen LogP contribution in [-0.4, -0.2) is 0 Å². The van der Waals surface area contributed by atoms with Crippen LogP contribution in [0.2, 0.25) is 0 Å². The molecule has 2 heteroatoms. The monoisotopic (exact) mass is 717 g/mol. The summed E-state index contributed by atoms with van der Waals surface area (Å²) in [5.74, 6) is 0. The molecular formula is C52H64N2. The third-order valence-electron chi connectivity index (χ3n) is 8.89. The van der Waals surface area contributed by atoms with E-state index >= 15 is 0 Å². The molecule has 0 saturated heterocycles. The van der Waals surface area contributed by atoms with Gasteiger partial charge in [0.05, 0.1) is 0 Å². The van der Waals surface area contributed by atoms with Gasteiger partial charge in [0.2, 0.25) is 0 Å². The highest BCUT2D eigenvalue weighted by Gasteiger charge is 2.13. The second-order valence-corrected chi connectivity index (χ2v) is 12.4. The first kappa shape index (κ1) is 44.6. The van der Waals surface area contributed by atoms with E-state index < -0.39 is 0 Å². The fraction of sp³-hybridized carbons (Fsp3) is 0.231. The van der Waals surface area contributed by atoms with Crippen LogP contribution in [0.25, 0.3) is 33.5 Å². The molecule has 0 unspecified atom stereocenters. The molecule has 0 aromatic heterocycles. The zero-order valence-electron chi connectivity index (χ0n) is 34.4. The van der Waals surface area contributed by atoms with Gasteiger partial charge in [0.25, 0.3) is 0 Å². The molecule has 5 aromatic rings. The van der Waals surface area contributed by atoms with Gasteiger partial charge in [-0.25, -0.2) is 0 Å². The van der Waals surface area contributed by atoms with Gasteiger partial charge in [-0.3, -0.25) is 0 Å². The maximum absolute atomic E-state index is 6.36. The molecule has 1 aliphatic rings. The average molecular weight is 717 g/mol. The molecule has 0 radical (unpaired) electrons. The molecule has 4 N–H and O–H groups in total. The first-order chi connectivity index (χ1) is 26.3. The number of rotatable bonds is 8. The Labute approximate surface area is 328 Å². The summed E-state index contributed by atoms with van der Waals surface area (Å²) in [6.45, 7) is 22.7. The molecule has 282 valence electrons. The summed E-state index contributed by atoms with van der Waals surface area (Å²) in [4.78, 5) is 0. The van der Waals surface area contributed by atoms with Gasteiger partial charge < -0.3 is 11.5 Å². The minimum absolute atomic E-state index is 0.706. The standard InChI is InChI=1S/C31H32N2.C15H14.3C2H6/c1-21-9-7-8-12-27(21)31-22(2)13-18-28(23(31)3)24-14-16-26(17-15-24)30(33)20-19-29(32)25-10-5-4-6-11-25;1-13(15-10-6-3-7-11-15)12-14-8-4-2-5-9-14;3*1-2/h4-5,7-10,12-20H,6,11,32-33H2,1-3H3;2-11H,1,12H2;3*1-2H3/b29-19-,30-20-;;;;. The number of aryl methyl sites for hydroxylation is 2. The van der Waals surface area contributed by atoms with E-state index in [4.69, 9.17) is 11.5 Å². The Morgan fingerprint density at radius 2 is 1.17 bits per heavy atom. The maximum atomic E-state index is 6.36. The van der Waals surface area contributed by atoms with E-state index in [2.05, 4.69) is 143 Å². The molecule has 2 nitrogen and oxygen atoms in total. The van der Waals surface area contributed by atoms with Crippen molar-refractivity contribution in [3.05, 3.63) is 203 Å². The zero-order chi connectivity index (χ0) is 39.9. The van der Waals surface area contributed by atoms with Crippen LogP contribution in [0.15, 0.2) is 170 Å². The number of hydrogen-bond donors (Lipinski definition) is 2. The quantitative estimate of drug-likeness (QED) is 0.157. The van der Waals surface area contributed by atoms with Crippen molar-refractivity contribution >= 4 is 11.3 Å². The van der Waals surface area contributed by atoms with Crippen LogP contribution < -0.4 is 11.5 Å². The Morgan fingerprint density at radius 3 is 1.76 bits per heavy atom. The first-order valence-corrected chi connectivity index (χ1v) is 19.6. The van der Waals surface area contributed by atoms with Gasteiger partial charge in [0, 0.05) is 11.4 Å². The van der Waals surface area contributed by atoms with E-state index in [0.717, 1.165) is 36.1 Å². The van der Waals surface area contributed by atoms with Crippen LogP contribution >= 0.6 is 0 Å². The summed E-state index contributed by atoms with van der Waals surface area (Å²) in [7, 11) is 0. The average Bonchev–Trinajstić information content (AvgIpc) is 3.24. The Morgan fingerprint density at radius 1 is 0.593 bits per heavy atom. The Hall–Kier alpha value is -5.60. The van der Waals surface area contributed by atoms with Crippen molar-refractivity contribution in [3.63, 3.8) is 0 Å². The molecule has 0 atom stereocenters. The maximum Gasteiger partial charge on any atom is 0.0388 e. The zero-order valence-corrected chi connectivity index (χ0v) is 34.4. The normalized spacial score (nSPS) is 11.8.